The predicted octanol–water partition coefficient (Wildman–Crippen LogP) is 4.32. The molecule has 0 aliphatic carbocycles. The van der Waals surface area contributed by atoms with E-state index in [0.717, 1.165) is 37.1 Å². The number of nitrogens with zero attached hydrogens (tertiary/aromatic N) is 2. The molecule has 1 aliphatic heterocycles. The lowest BCUT2D eigenvalue weighted by Gasteiger charge is -2.25. The summed E-state index contributed by atoms with van der Waals surface area (Å²) >= 11 is 0. The number of carbonyl (C=O) groups excluding carboxylic acids is 1. The van der Waals surface area contributed by atoms with Gasteiger partial charge in [-0.1, -0.05) is 30.3 Å². The summed E-state index contributed by atoms with van der Waals surface area (Å²) in [4.78, 5) is 15.0. The fourth-order valence-electron chi connectivity index (χ4n) is 3.65. The highest BCUT2D eigenvalue weighted by Gasteiger charge is 2.29. The van der Waals surface area contributed by atoms with Crippen molar-refractivity contribution < 1.29 is 4.79 Å². The van der Waals surface area contributed by atoms with Crippen LogP contribution in [0, 0.1) is 0 Å². The van der Waals surface area contributed by atoms with Crippen LogP contribution >= 0.6 is 0 Å². The molecule has 1 aromatic heterocycles. The lowest BCUT2D eigenvalue weighted by molar-refractivity contribution is 0.0736. The molecule has 0 spiro atoms. The second kappa shape index (κ2) is 6.98. The lowest BCUT2D eigenvalue weighted by Crippen LogP contribution is -2.36. The van der Waals surface area contributed by atoms with Crippen LogP contribution in [0.1, 0.15) is 28.8 Å². The van der Waals surface area contributed by atoms with Gasteiger partial charge >= 0.3 is 0 Å². The minimum absolute atomic E-state index is 0.150. The topological polar surface area (TPSA) is 25.2 Å². The number of aromatic nitrogens is 1. The predicted molar refractivity (Wildman–Crippen MR) is 100.0 cm³/mol. The highest BCUT2D eigenvalue weighted by molar-refractivity contribution is 5.94. The molecule has 0 N–H and O–H groups in total. The van der Waals surface area contributed by atoms with Gasteiger partial charge in [0.15, 0.2) is 0 Å². The Morgan fingerprint density at radius 1 is 0.920 bits per heavy atom. The van der Waals surface area contributed by atoms with Crippen molar-refractivity contribution in [3.63, 3.8) is 0 Å². The zero-order valence-electron chi connectivity index (χ0n) is 14.2. The Balaban J connectivity index is 1.49. The molecule has 3 nitrogen and oxygen atoms in total. The van der Waals surface area contributed by atoms with Crippen LogP contribution in [-0.2, 0) is 6.42 Å². The van der Waals surface area contributed by atoms with Gasteiger partial charge in [0.1, 0.15) is 0 Å². The molecule has 0 radical (unpaired) electrons. The van der Waals surface area contributed by atoms with Crippen LogP contribution < -0.4 is 0 Å². The highest BCUT2D eigenvalue weighted by atomic mass is 16.2. The van der Waals surface area contributed by atoms with Gasteiger partial charge in [-0.25, -0.2) is 0 Å². The van der Waals surface area contributed by atoms with Crippen molar-refractivity contribution in [2.24, 2.45) is 0 Å². The Kier molecular flexibility index (Phi) is 4.38. The van der Waals surface area contributed by atoms with Crippen molar-refractivity contribution in [1.82, 2.24) is 9.47 Å². The maximum Gasteiger partial charge on any atom is 0.254 e. The average molecular weight is 330 g/mol. The molecule has 1 atom stereocenters. The van der Waals surface area contributed by atoms with Crippen molar-refractivity contribution >= 4 is 5.91 Å². The van der Waals surface area contributed by atoms with Crippen LogP contribution in [0.25, 0.3) is 5.69 Å². The number of benzene rings is 2. The Morgan fingerprint density at radius 2 is 1.64 bits per heavy atom. The molecule has 126 valence electrons. The van der Waals surface area contributed by atoms with Crippen molar-refractivity contribution in [3.05, 3.63) is 90.3 Å². The van der Waals surface area contributed by atoms with Gasteiger partial charge < -0.3 is 9.47 Å². The third-order valence-electron chi connectivity index (χ3n) is 4.97. The molecule has 3 heteroatoms. The molecule has 2 aromatic carbocycles. The summed E-state index contributed by atoms with van der Waals surface area (Å²) < 4.78 is 2.04. The molecule has 1 saturated heterocycles. The lowest BCUT2D eigenvalue weighted by atomic mass is 10.0. The molecule has 1 unspecified atom stereocenters. The molecule has 2 heterocycles. The number of likely N-dealkylation sites (tertiary alicyclic amines) is 1. The fraction of sp³-hybridized carbons (Fsp3) is 0.227. The first-order valence-corrected chi connectivity index (χ1v) is 8.89. The molecular formula is C22H22N2O. The van der Waals surface area contributed by atoms with E-state index in [2.05, 4.69) is 29.2 Å². The summed E-state index contributed by atoms with van der Waals surface area (Å²) in [5.74, 6) is 0.150. The van der Waals surface area contributed by atoms with E-state index < -0.39 is 0 Å². The standard InChI is InChI=1S/C22H22N2O/c25-22(19-10-12-20(13-11-19)23-14-4-5-15-23)24-16-6-9-21(24)17-18-7-2-1-3-8-18/h1-5,7-8,10-15,21H,6,9,16-17H2. The van der Waals surface area contributed by atoms with Gasteiger partial charge in [0.2, 0.25) is 0 Å². The summed E-state index contributed by atoms with van der Waals surface area (Å²) in [5.41, 5.74) is 3.15. The minimum Gasteiger partial charge on any atom is -0.335 e. The summed E-state index contributed by atoms with van der Waals surface area (Å²) in [6.07, 6.45) is 7.13. The maximum atomic E-state index is 13.0. The molecule has 0 saturated carbocycles. The minimum atomic E-state index is 0.150. The third-order valence-corrected chi connectivity index (χ3v) is 4.97. The number of hydrogen-bond donors (Lipinski definition) is 0. The fourth-order valence-corrected chi connectivity index (χ4v) is 3.65. The van der Waals surface area contributed by atoms with Crippen molar-refractivity contribution in [2.75, 3.05) is 6.54 Å². The molecule has 25 heavy (non-hydrogen) atoms. The monoisotopic (exact) mass is 330 g/mol. The average Bonchev–Trinajstić information content (AvgIpc) is 3.34. The normalized spacial score (nSPS) is 17.0. The molecule has 0 bridgehead atoms. The molecule has 1 fully saturated rings. The van der Waals surface area contributed by atoms with E-state index in [0.29, 0.717) is 6.04 Å². The van der Waals surface area contributed by atoms with E-state index >= 15 is 0 Å². The van der Waals surface area contributed by atoms with Crippen LogP contribution in [0.2, 0.25) is 0 Å². The van der Waals surface area contributed by atoms with Crippen LogP contribution in [0.15, 0.2) is 79.1 Å². The maximum absolute atomic E-state index is 13.0. The first kappa shape index (κ1) is 15.7. The van der Waals surface area contributed by atoms with Gasteiger partial charge in [-0.3, -0.25) is 4.79 Å². The Morgan fingerprint density at radius 3 is 2.36 bits per heavy atom. The summed E-state index contributed by atoms with van der Waals surface area (Å²) in [6, 6.07) is 22.7. The smallest absolute Gasteiger partial charge is 0.254 e. The van der Waals surface area contributed by atoms with E-state index in [-0.39, 0.29) is 5.91 Å². The molecule has 4 rings (SSSR count). The SMILES string of the molecule is O=C(c1ccc(-n2cccc2)cc1)N1CCCC1Cc1ccccc1. The molecule has 1 amide bonds. The van der Waals surface area contributed by atoms with Gasteiger partial charge in [0.25, 0.3) is 5.91 Å². The number of amides is 1. The Labute approximate surface area is 148 Å². The number of hydrogen-bond acceptors (Lipinski definition) is 1. The summed E-state index contributed by atoms with van der Waals surface area (Å²) in [7, 11) is 0. The molecular weight excluding hydrogens is 308 g/mol. The van der Waals surface area contributed by atoms with Crippen molar-refractivity contribution in [3.8, 4) is 5.69 Å². The molecule has 1 aliphatic rings. The number of carbonyl (C=O) groups is 1. The Hall–Kier alpha value is -2.81. The van der Waals surface area contributed by atoms with E-state index in [9.17, 15) is 4.79 Å². The van der Waals surface area contributed by atoms with Crippen LogP contribution in [0.4, 0.5) is 0 Å². The zero-order valence-corrected chi connectivity index (χ0v) is 14.2. The van der Waals surface area contributed by atoms with E-state index in [1.807, 2.05) is 59.4 Å². The van der Waals surface area contributed by atoms with Gasteiger partial charge in [-0.2, -0.15) is 0 Å². The zero-order chi connectivity index (χ0) is 17.1. The van der Waals surface area contributed by atoms with E-state index in [1.54, 1.807) is 0 Å². The first-order chi connectivity index (χ1) is 12.3. The largest absolute Gasteiger partial charge is 0.335 e. The van der Waals surface area contributed by atoms with Gasteiger partial charge in [-0.15, -0.1) is 0 Å². The van der Waals surface area contributed by atoms with E-state index in [4.69, 9.17) is 0 Å². The van der Waals surface area contributed by atoms with Crippen LogP contribution in [-0.4, -0.2) is 28.0 Å². The van der Waals surface area contributed by atoms with E-state index in [1.165, 1.54) is 5.56 Å². The van der Waals surface area contributed by atoms with Crippen LogP contribution in [0.3, 0.4) is 0 Å². The summed E-state index contributed by atoms with van der Waals surface area (Å²) in [5, 5.41) is 0. The van der Waals surface area contributed by atoms with Crippen LogP contribution in [0.5, 0.6) is 0 Å². The van der Waals surface area contributed by atoms with Gasteiger partial charge in [0, 0.05) is 36.2 Å². The number of rotatable bonds is 4. The quantitative estimate of drug-likeness (QED) is 0.699. The highest BCUT2D eigenvalue weighted by Crippen LogP contribution is 2.24. The van der Waals surface area contributed by atoms with Gasteiger partial charge in [0.05, 0.1) is 0 Å². The third kappa shape index (κ3) is 3.36. The summed E-state index contributed by atoms with van der Waals surface area (Å²) in [6.45, 7) is 0.857. The first-order valence-electron chi connectivity index (χ1n) is 8.89. The second-order valence-electron chi connectivity index (χ2n) is 6.62. The van der Waals surface area contributed by atoms with Crippen molar-refractivity contribution in [1.29, 1.82) is 0 Å². The van der Waals surface area contributed by atoms with Gasteiger partial charge in [-0.05, 0) is 61.2 Å². The Bertz CT molecular complexity index is 822. The second-order valence-corrected chi connectivity index (χ2v) is 6.62. The molecule has 3 aromatic rings. The van der Waals surface area contributed by atoms with Crippen molar-refractivity contribution in [2.45, 2.75) is 25.3 Å².